The van der Waals surface area contributed by atoms with Crippen molar-refractivity contribution >= 4 is 25.2 Å². The summed E-state index contributed by atoms with van der Waals surface area (Å²) in [6.07, 6.45) is -6.82. The van der Waals surface area contributed by atoms with Crippen LogP contribution in [0.1, 0.15) is 51.4 Å². The van der Waals surface area contributed by atoms with Crippen LogP contribution < -0.4 is 58.2 Å². The van der Waals surface area contributed by atoms with Crippen LogP contribution in [0.4, 0.5) is 0 Å². The van der Waals surface area contributed by atoms with Crippen molar-refractivity contribution < 1.29 is 60.6 Å². The van der Waals surface area contributed by atoms with Crippen molar-refractivity contribution in [3.8, 4) is 5.75 Å². The lowest BCUT2D eigenvalue weighted by atomic mass is 9.73. The van der Waals surface area contributed by atoms with Gasteiger partial charge in [0.15, 0.2) is 0 Å². The lowest BCUT2D eigenvalue weighted by Gasteiger charge is -2.41. The first kappa shape index (κ1) is 42.3. The molecule has 9 aliphatic rings. The van der Waals surface area contributed by atoms with E-state index in [0.29, 0.717) is 51.4 Å². The van der Waals surface area contributed by atoms with E-state index in [0.717, 1.165) is 0 Å². The molecule has 24 atom stereocenters. The van der Waals surface area contributed by atoms with Crippen LogP contribution in [0.5, 0.6) is 5.75 Å². The number of benzene rings is 1. The van der Waals surface area contributed by atoms with E-state index >= 15 is 0 Å². The molecule has 8 bridgehead atoms. The minimum absolute atomic E-state index is 0.0145. The fourth-order valence-electron chi connectivity index (χ4n) is 13.2. The summed E-state index contributed by atoms with van der Waals surface area (Å²) >= 11 is 0. The molecule has 9 fully saturated rings. The van der Waals surface area contributed by atoms with Gasteiger partial charge in [0.1, 0.15) is 11.9 Å². The maximum atomic E-state index is 11.7. The molecule has 5 heterocycles. The molecule has 1 aromatic rings. The molecule has 60 heavy (non-hydrogen) atoms. The van der Waals surface area contributed by atoms with Gasteiger partial charge >= 0.3 is 14.2 Å². The zero-order chi connectivity index (χ0) is 41.9. The predicted octanol–water partition coefficient (Wildman–Crippen LogP) is -8.18. The first-order chi connectivity index (χ1) is 28.7. The van der Waals surface area contributed by atoms with Crippen LogP contribution in [0.3, 0.4) is 0 Å². The monoisotopic (exact) mass is 844 g/mol. The summed E-state index contributed by atoms with van der Waals surface area (Å²) in [7, 11) is -3.74. The van der Waals surface area contributed by atoms with E-state index in [2.05, 4.69) is 42.5 Å². The van der Waals surface area contributed by atoms with Crippen LogP contribution in [0.25, 0.3) is 0 Å². The fourth-order valence-corrected chi connectivity index (χ4v) is 13.2. The van der Waals surface area contributed by atoms with Crippen molar-refractivity contribution in [3.05, 3.63) is 18.2 Å². The van der Waals surface area contributed by atoms with Gasteiger partial charge in [-0.2, -0.15) is 0 Å². The second-order valence-electron chi connectivity index (χ2n) is 19.5. The second-order valence-corrected chi connectivity index (χ2v) is 19.5. The van der Waals surface area contributed by atoms with Gasteiger partial charge in [-0.1, -0.05) is 12.1 Å². The molecule has 4 aliphatic carbocycles. The molecule has 0 aromatic heterocycles. The predicted molar refractivity (Wildman–Crippen MR) is 213 cm³/mol. The zero-order valence-corrected chi connectivity index (χ0v) is 33.2. The molecule has 4 saturated carbocycles. The van der Waals surface area contributed by atoms with E-state index in [4.69, 9.17) is 4.74 Å². The maximum absolute atomic E-state index is 11.7. The molecule has 22 heteroatoms. The zero-order valence-electron chi connectivity index (χ0n) is 33.2. The molecule has 10 rings (SSSR count). The van der Waals surface area contributed by atoms with Crippen LogP contribution in [0, 0.1) is 47.3 Å². The van der Waals surface area contributed by atoms with Crippen molar-refractivity contribution in [1.29, 1.82) is 0 Å². The Balaban J connectivity index is 0.989. The van der Waals surface area contributed by atoms with E-state index in [1.54, 1.807) is 0 Å². The van der Waals surface area contributed by atoms with E-state index < -0.39 is 63.1 Å². The van der Waals surface area contributed by atoms with Crippen LogP contribution in [0.2, 0.25) is 0 Å². The first-order valence-corrected chi connectivity index (χ1v) is 22.1. The van der Waals surface area contributed by atoms with Gasteiger partial charge in [0.05, 0.1) is 92.1 Å². The Bertz CT molecular complexity index is 1710. The van der Waals surface area contributed by atoms with Gasteiger partial charge in [0, 0.05) is 5.46 Å². The van der Waals surface area contributed by atoms with Gasteiger partial charge in [-0.15, -0.1) is 0 Å². The summed E-state index contributed by atoms with van der Waals surface area (Å²) in [5.74, 6) is -0.707. The molecule has 0 amide bonds. The molecule has 1 aromatic carbocycles. The molecule has 0 radical (unpaired) electrons. The Morgan fingerprint density at radius 3 is 0.950 bits per heavy atom. The van der Waals surface area contributed by atoms with E-state index in [1.807, 2.05) is 0 Å². The standard InChI is InChI=1S/C38H62B2N8O12/c49-22-4-13-14(5-23(22)50)32-41-31(13)42-33-15-6-24(51)25(52)7-16(15)35(44-33)46-37-19-10-28(55)30(60-29-3-12(39(56)57)1-2-21(29)40(58)59)11-20(19)38(48-37)47-36-18-9-27(54)26(53)8-17(18)34(43-32)45-36/h1-3,13-20,22-28,30-38,41-59H,4-11H2. The van der Waals surface area contributed by atoms with Gasteiger partial charge in [-0.3, -0.25) is 42.5 Å². The fraction of sp³-hybridized carbons (Fsp3) is 0.842. The number of fused-ring (bicyclic) bond motifs is 20. The van der Waals surface area contributed by atoms with Gasteiger partial charge in [-0.05, 0) is 110 Å². The molecule has 24 unspecified atom stereocenters. The van der Waals surface area contributed by atoms with E-state index in [-0.39, 0.29) is 113 Å². The highest BCUT2D eigenvalue weighted by Gasteiger charge is 2.58. The molecular weight excluding hydrogens is 782 g/mol. The Kier molecular flexibility index (Phi) is 11.6. The van der Waals surface area contributed by atoms with E-state index in [1.165, 1.54) is 18.2 Å². The second kappa shape index (κ2) is 16.4. The maximum Gasteiger partial charge on any atom is 0.492 e. The summed E-state index contributed by atoms with van der Waals surface area (Å²) in [4.78, 5) is 0. The highest BCUT2D eigenvalue weighted by molar-refractivity contribution is 6.61. The number of aliphatic hydroxyl groups excluding tert-OH is 7. The molecule has 20 nitrogen and oxygen atoms in total. The molecular formula is C38H62B2N8O12. The number of rotatable bonds is 4. The van der Waals surface area contributed by atoms with Gasteiger partial charge in [0.2, 0.25) is 0 Å². The van der Waals surface area contributed by atoms with Crippen molar-refractivity contribution in [2.75, 3.05) is 0 Å². The number of hydrogen-bond acceptors (Lipinski definition) is 20. The number of aliphatic hydroxyl groups is 7. The Morgan fingerprint density at radius 1 is 0.383 bits per heavy atom. The molecule has 5 aliphatic heterocycles. The third-order valence-electron chi connectivity index (χ3n) is 16.3. The molecule has 0 spiro atoms. The minimum Gasteiger partial charge on any atom is -0.488 e. The summed E-state index contributed by atoms with van der Waals surface area (Å²) in [5.41, 5.74) is 0.102. The van der Waals surface area contributed by atoms with Crippen molar-refractivity contribution in [3.63, 3.8) is 0 Å². The third kappa shape index (κ3) is 7.55. The van der Waals surface area contributed by atoms with Crippen LogP contribution in [-0.2, 0) is 0 Å². The van der Waals surface area contributed by atoms with Crippen LogP contribution in [-0.4, -0.2) is 168 Å². The Morgan fingerprint density at radius 2 is 0.667 bits per heavy atom. The summed E-state index contributed by atoms with van der Waals surface area (Å²) in [6.45, 7) is 0. The largest absolute Gasteiger partial charge is 0.492 e. The topological polar surface area (TPSA) is 328 Å². The normalized spacial score (nSPS) is 52.2. The van der Waals surface area contributed by atoms with Gasteiger partial charge < -0.3 is 60.6 Å². The van der Waals surface area contributed by atoms with Crippen LogP contribution >= 0.6 is 0 Å². The highest BCUT2D eigenvalue weighted by Crippen LogP contribution is 2.46. The number of hydrogen-bond donors (Lipinski definition) is 19. The smallest absolute Gasteiger partial charge is 0.488 e. The third-order valence-corrected chi connectivity index (χ3v) is 16.3. The first-order valence-electron chi connectivity index (χ1n) is 22.1. The quantitative estimate of drug-likeness (QED) is 0.125. The van der Waals surface area contributed by atoms with Crippen LogP contribution in [0.15, 0.2) is 18.2 Å². The molecule has 5 saturated heterocycles. The summed E-state index contributed by atoms with van der Waals surface area (Å²) < 4.78 is 6.35. The Labute approximate surface area is 348 Å². The average Bonchev–Trinajstić information content (AvgIpc) is 3.90. The Hall–Kier alpha value is -1.61. The lowest BCUT2D eigenvalue weighted by Crippen LogP contribution is -2.61. The average molecular weight is 845 g/mol. The highest BCUT2D eigenvalue weighted by atomic mass is 16.5. The van der Waals surface area contributed by atoms with Gasteiger partial charge in [-0.25, -0.2) is 0 Å². The number of ether oxygens (including phenoxy) is 1. The summed E-state index contributed by atoms with van der Waals surface area (Å²) in [6, 6.07) is 4.04. The number of nitrogens with one attached hydrogen (secondary N) is 8. The van der Waals surface area contributed by atoms with Crippen molar-refractivity contribution in [2.45, 2.75) is 150 Å². The SMILES string of the molecule is OB(O)c1ccc(B(O)O)c(OC2CC3C4NC5NC(NC6NC(NC7NC(NC(N4)C3CC2O)C2CC(O)C(O)CC72)C2CC(O)C(O)CC62)C2CC(O)C(O)CC52)c1. The minimum atomic E-state index is -1.91. The van der Waals surface area contributed by atoms with E-state index in [9.17, 15) is 55.8 Å². The van der Waals surface area contributed by atoms with Crippen molar-refractivity contribution in [2.24, 2.45) is 47.3 Å². The van der Waals surface area contributed by atoms with Gasteiger partial charge in [0.25, 0.3) is 0 Å². The molecule has 19 N–H and O–H groups in total. The molecule has 332 valence electrons. The lowest BCUT2D eigenvalue weighted by molar-refractivity contribution is -0.0561. The summed E-state index contributed by atoms with van der Waals surface area (Å²) in [5, 5.41) is 148. The van der Waals surface area contributed by atoms with Crippen molar-refractivity contribution in [1.82, 2.24) is 42.5 Å².